The SMILES string of the molecule is Cc1ccc2c(Nc3ccc(F)c(F)c3)c(C(=O)N3CCSCC3)cnc2n1.Cl. The second-order valence-electron chi connectivity index (χ2n) is 6.53. The van der Waals surface area contributed by atoms with Gasteiger partial charge in [-0.05, 0) is 31.2 Å². The first-order chi connectivity index (χ1) is 13.5. The summed E-state index contributed by atoms with van der Waals surface area (Å²) in [6, 6.07) is 7.20. The average Bonchev–Trinajstić information content (AvgIpc) is 2.71. The van der Waals surface area contributed by atoms with Crippen LogP contribution in [0.1, 0.15) is 16.1 Å². The number of benzene rings is 1. The molecule has 1 N–H and O–H groups in total. The van der Waals surface area contributed by atoms with Crippen molar-refractivity contribution >= 4 is 52.5 Å². The quantitative estimate of drug-likeness (QED) is 0.651. The van der Waals surface area contributed by atoms with Crippen LogP contribution in [0.25, 0.3) is 11.0 Å². The first-order valence-corrected chi connectivity index (χ1v) is 10.0. The Morgan fingerprint density at radius 1 is 1.14 bits per heavy atom. The van der Waals surface area contributed by atoms with Gasteiger partial charge < -0.3 is 10.2 Å². The van der Waals surface area contributed by atoms with E-state index < -0.39 is 11.6 Å². The lowest BCUT2D eigenvalue weighted by molar-refractivity contribution is 0.0773. The summed E-state index contributed by atoms with van der Waals surface area (Å²) in [5.74, 6) is -0.248. The molecule has 1 aromatic carbocycles. The molecule has 152 valence electrons. The maximum absolute atomic E-state index is 13.7. The zero-order valence-electron chi connectivity index (χ0n) is 15.6. The second-order valence-corrected chi connectivity index (χ2v) is 7.75. The number of amides is 1. The van der Waals surface area contributed by atoms with Gasteiger partial charge in [-0.3, -0.25) is 4.79 Å². The maximum Gasteiger partial charge on any atom is 0.257 e. The molecule has 4 rings (SSSR count). The van der Waals surface area contributed by atoms with Gasteiger partial charge in [0.1, 0.15) is 0 Å². The summed E-state index contributed by atoms with van der Waals surface area (Å²) < 4.78 is 27.0. The van der Waals surface area contributed by atoms with Gasteiger partial charge >= 0.3 is 0 Å². The molecule has 0 unspecified atom stereocenters. The lowest BCUT2D eigenvalue weighted by Crippen LogP contribution is -2.38. The van der Waals surface area contributed by atoms with Crippen molar-refractivity contribution in [3.8, 4) is 0 Å². The minimum absolute atomic E-state index is 0. The van der Waals surface area contributed by atoms with Gasteiger partial charge in [0.2, 0.25) is 0 Å². The van der Waals surface area contributed by atoms with Crippen LogP contribution in [0.2, 0.25) is 0 Å². The van der Waals surface area contributed by atoms with E-state index in [1.807, 2.05) is 30.8 Å². The Kier molecular flexibility index (Phi) is 6.54. The predicted molar refractivity (Wildman–Crippen MR) is 114 cm³/mol. The third-order valence-corrected chi connectivity index (χ3v) is 5.53. The number of aromatic nitrogens is 2. The molecule has 1 amide bonds. The van der Waals surface area contributed by atoms with Crippen LogP contribution < -0.4 is 5.32 Å². The fourth-order valence-corrected chi connectivity index (χ4v) is 4.03. The summed E-state index contributed by atoms with van der Waals surface area (Å²) in [6.07, 6.45) is 1.50. The predicted octanol–water partition coefficient (Wildman–Crippen LogP) is 4.57. The Labute approximate surface area is 177 Å². The summed E-state index contributed by atoms with van der Waals surface area (Å²) in [5, 5.41) is 3.73. The number of aryl methyl sites for hydroxylation is 1. The summed E-state index contributed by atoms with van der Waals surface area (Å²) in [4.78, 5) is 23.7. The number of hydrogen-bond donors (Lipinski definition) is 1. The number of carbonyl (C=O) groups is 1. The Morgan fingerprint density at radius 3 is 2.62 bits per heavy atom. The van der Waals surface area contributed by atoms with Crippen molar-refractivity contribution in [1.82, 2.24) is 14.9 Å². The van der Waals surface area contributed by atoms with E-state index in [-0.39, 0.29) is 18.3 Å². The summed E-state index contributed by atoms with van der Waals surface area (Å²) >= 11 is 1.81. The fourth-order valence-electron chi connectivity index (χ4n) is 3.12. The van der Waals surface area contributed by atoms with Gasteiger partial charge in [0.15, 0.2) is 17.3 Å². The molecule has 0 aliphatic carbocycles. The third-order valence-electron chi connectivity index (χ3n) is 4.59. The van der Waals surface area contributed by atoms with Gasteiger partial charge in [0.25, 0.3) is 5.91 Å². The van der Waals surface area contributed by atoms with Crippen molar-refractivity contribution in [2.24, 2.45) is 0 Å². The molecule has 3 heterocycles. The van der Waals surface area contributed by atoms with Crippen LogP contribution in [0.15, 0.2) is 36.5 Å². The van der Waals surface area contributed by atoms with Gasteiger partial charge in [0, 0.05) is 53.6 Å². The first kappa shape index (κ1) is 21.3. The van der Waals surface area contributed by atoms with Crippen molar-refractivity contribution in [3.63, 3.8) is 0 Å². The van der Waals surface area contributed by atoms with Crippen molar-refractivity contribution in [2.75, 3.05) is 29.9 Å². The molecule has 29 heavy (non-hydrogen) atoms. The van der Waals surface area contributed by atoms with Crippen LogP contribution in [0.3, 0.4) is 0 Å². The monoisotopic (exact) mass is 436 g/mol. The van der Waals surface area contributed by atoms with E-state index in [0.29, 0.717) is 41.1 Å². The van der Waals surface area contributed by atoms with Crippen LogP contribution in [0.5, 0.6) is 0 Å². The normalized spacial score (nSPS) is 13.8. The highest BCUT2D eigenvalue weighted by Gasteiger charge is 2.23. The molecule has 1 aliphatic heterocycles. The third kappa shape index (κ3) is 4.43. The number of thioether (sulfide) groups is 1. The molecule has 9 heteroatoms. The average molecular weight is 437 g/mol. The fraction of sp³-hybridized carbons (Fsp3) is 0.250. The van der Waals surface area contributed by atoms with E-state index in [4.69, 9.17) is 0 Å². The molecular formula is C20H19ClF2N4OS. The number of pyridine rings is 2. The number of fused-ring (bicyclic) bond motifs is 1. The molecule has 5 nitrogen and oxygen atoms in total. The highest BCUT2D eigenvalue weighted by Crippen LogP contribution is 2.30. The minimum atomic E-state index is -0.960. The molecule has 0 radical (unpaired) electrons. The number of hydrogen-bond acceptors (Lipinski definition) is 5. The van der Waals surface area contributed by atoms with E-state index in [2.05, 4.69) is 15.3 Å². The number of nitrogens with one attached hydrogen (secondary N) is 1. The Balaban J connectivity index is 0.00000240. The number of anilines is 2. The highest BCUT2D eigenvalue weighted by atomic mass is 35.5. The standard InChI is InChI=1S/C20H18F2N4OS.ClH/c1-12-2-4-14-18(25-13-3-5-16(21)17(22)10-13)15(11-23-19(14)24-12)20(27)26-6-8-28-9-7-26;/h2-5,10-11H,6-9H2,1H3,(H,23,24,25);1H. The zero-order valence-corrected chi connectivity index (χ0v) is 17.2. The smallest absolute Gasteiger partial charge is 0.257 e. The van der Waals surface area contributed by atoms with Crippen molar-refractivity contribution in [2.45, 2.75) is 6.92 Å². The van der Waals surface area contributed by atoms with Crippen molar-refractivity contribution in [3.05, 3.63) is 59.4 Å². The van der Waals surface area contributed by atoms with Crippen LogP contribution in [0, 0.1) is 18.6 Å². The van der Waals surface area contributed by atoms with E-state index in [1.54, 1.807) is 4.90 Å². The van der Waals surface area contributed by atoms with E-state index in [0.717, 1.165) is 29.3 Å². The Bertz CT molecular complexity index is 1060. The topological polar surface area (TPSA) is 58.1 Å². The minimum Gasteiger partial charge on any atom is -0.354 e. The number of halogens is 3. The molecule has 2 aromatic heterocycles. The first-order valence-electron chi connectivity index (χ1n) is 8.88. The van der Waals surface area contributed by atoms with Gasteiger partial charge in [-0.2, -0.15) is 11.8 Å². The molecule has 3 aromatic rings. The molecular weight excluding hydrogens is 418 g/mol. The molecule has 1 fully saturated rings. The van der Waals surface area contributed by atoms with E-state index >= 15 is 0 Å². The Morgan fingerprint density at radius 2 is 1.90 bits per heavy atom. The lowest BCUT2D eigenvalue weighted by atomic mass is 10.1. The van der Waals surface area contributed by atoms with Gasteiger partial charge in [0.05, 0.1) is 11.3 Å². The zero-order chi connectivity index (χ0) is 19.7. The molecule has 0 saturated carbocycles. The van der Waals surface area contributed by atoms with Crippen molar-refractivity contribution < 1.29 is 13.6 Å². The van der Waals surface area contributed by atoms with Crippen molar-refractivity contribution in [1.29, 1.82) is 0 Å². The number of nitrogens with zero attached hydrogens (tertiary/aromatic N) is 3. The largest absolute Gasteiger partial charge is 0.354 e. The van der Waals surface area contributed by atoms with Crippen LogP contribution in [-0.2, 0) is 0 Å². The van der Waals surface area contributed by atoms with Gasteiger partial charge in [-0.1, -0.05) is 0 Å². The molecule has 1 aliphatic rings. The highest BCUT2D eigenvalue weighted by molar-refractivity contribution is 7.99. The Hall–Kier alpha value is -2.45. The number of carbonyl (C=O) groups excluding carboxylic acids is 1. The van der Waals surface area contributed by atoms with Gasteiger partial charge in [-0.25, -0.2) is 18.7 Å². The van der Waals surface area contributed by atoms with E-state index in [9.17, 15) is 13.6 Å². The van der Waals surface area contributed by atoms with Crippen LogP contribution >= 0.6 is 24.2 Å². The van der Waals surface area contributed by atoms with Gasteiger partial charge in [-0.15, -0.1) is 12.4 Å². The van der Waals surface area contributed by atoms with E-state index in [1.165, 1.54) is 12.3 Å². The lowest BCUT2D eigenvalue weighted by Gasteiger charge is -2.27. The molecule has 0 spiro atoms. The van der Waals surface area contributed by atoms with Crippen LogP contribution in [0.4, 0.5) is 20.2 Å². The molecule has 0 atom stereocenters. The molecule has 1 saturated heterocycles. The second kappa shape index (κ2) is 8.92. The summed E-state index contributed by atoms with van der Waals surface area (Å²) in [6.45, 7) is 3.19. The number of rotatable bonds is 3. The summed E-state index contributed by atoms with van der Waals surface area (Å²) in [5.41, 5.74) is 2.50. The van der Waals surface area contributed by atoms with Crippen LogP contribution in [-0.4, -0.2) is 45.4 Å². The summed E-state index contributed by atoms with van der Waals surface area (Å²) in [7, 11) is 0. The maximum atomic E-state index is 13.7. The molecule has 0 bridgehead atoms.